The first-order valence-electron chi connectivity index (χ1n) is 4.86. The maximum atomic E-state index is 11.0. The van der Waals surface area contributed by atoms with E-state index in [1.54, 1.807) is 0 Å². The van der Waals surface area contributed by atoms with Crippen LogP contribution >= 0.6 is 0 Å². The van der Waals surface area contributed by atoms with Gasteiger partial charge in [0.1, 0.15) is 13.2 Å². The summed E-state index contributed by atoms with van der Waals surface area (Å²) in [6.07, 6.45) is 0.0162. The predicted octanol–water partition coefficient (Wildman–Crippen LogP) is -1.37. The molecule has 1 heterocycles. The molecule has 0 spiro atoms. The molecule has 1 aliphatic rings. The molecule has 0 radical (unpaired) electrons. The SMILES string of the molecule is N#CCNC(=O)COCC1CNCCO1. The van der Waals surface area contributed by atoms with E-state index in [2.05, 4.69) is 10.6 Å². The summed E-state index contributed by atoms with van der Waals surface area (Å²) in [4.78, 5) is 11.0. The first-order chi connectivity index (χ1) is 7.33. The normalized spacial score (nSPS) is 20.6. The third kappa shape index (κ3) is 5.32. The maximum absolute atomic E-state index is 11.0. The Morgan fingerprint density at radius 1 is 1.73 bits per heavy atom. The molecule has 0 aliphatic carbocycles. The van der Waals surface area contributed by atoms with E-state index >= 15 is 0 Å². The van der Waals surface area contributed by atoms with Gasteiger partial charge in [-0.2, -0.15) is 5.26 Å². The number of ether oxygens (including phenoxy) is 2. The quantitative estimate of drug-likeness (QED) is 0.551. The van der Waals surface area contributed by atoms with Crippen LogP contribution in [0.1, 0.15) is 0 Å². The van der Waals surface area contributed by atoms with Crippen LogP contribution < -0.4 is 10.6 Å². The fourth-order valence-corrected chi connectivity index (χ4v) is 1.20. The van der Waals surface area contributed by atoms with Crippen LogP contribution in [-0.2, 0) is 14.3 Å². The molecular formula is C9H15N3O3. The van der Waals surface area contributed by atoms with Gasteiger partial charge in [-0.25, -0.2) is 0 Å². The highest BCUT2D eigenvalue weighted by molar-refractivity contribution is 5.77. The van der Waals surface area contributed by atoms with Crippen molar-refractivity contribution in [3.63, 3.8) is 0 Å². The lowest BCUT2D eigenvalue weighted by Gasteiger charge is -2.23. The highest BCUT2D eigenvalue weighted by Crippen LogP contribution is 1.96. The Morgan fingerprint density at radius 3 is 3.27 bits per heavy atom. The van der Waals surface area contributed by atoms with Crippen molar-refractivity contribution in [2.75, 3.05) is 39.5 Å². The average Bonchev–Trinajstić information content (AvgIpc) is 2.28. The van der Waals surface area contributed by atoms with Gasteiger partial charge in [0.15, 0.2) is 0 Å². The molecule has 0 aromatic heterocycles. The molecule has 1 saturated heterocycles. The number of carbonyl (C=O) groups is 1. The standard InChI is InChI=1S/C9H15N3O3/c10-1-2-12-9(13)7-14-6-8-5-11-3-4-15-8/h8,11H,2-7H2,(H,12,13). The molecule has 1 unspecified atom stereocenters. The second-order valence-corrected chi connectivity index (χ2v) is 3.15. The van der Waals surface area contributed by atoms with Gasteiger partial charge in [-0.1, -0.05) is 0 Å². The first kappa shape index (κ1) is 11.9. The number of morpholine rings is 1. The van der Waals surface area contributed by atoms with Crippen LogP contribution in [0.4, 0.5) is 0 Å². The summed E-state index contributed by atoms with van der Waals surface area (Å²) in [7, 11) is 0. The van der Waals surface area contributed by atoms with E-state index in [1.807, 2.05) is 6.07 Å². The Morgan fingerprint density at radius 2 is 2.60 bits per heavy atom. The van der Waals surface area contributed by atoms with Gasteiger partial charge in [-0.15, -0.1) is 0 Å². The minimum absolute atomic E-state index is 0.0162. The number of rotatable bonds is 5. The Labute approximate surface area is 88.5 Å². The van der Waals surface area contributed by atoms with Crippen LogP contribution in [0.2, 0.25) is 0 Å². The van der Waals surface area contributed by atoms with Crippen LogP contribution in [0.15, 0.2) is 0 Å². The molecule has 6 heteroatoms. The largest absolute Gasteiger partial charge is 0.373 e. The van der Waals surface area contributed by atoms with Crippen LogP contribution in [0.5, 0.6) is 0 Å². The van der Waals surface area contributed by atoms with Gasteiger partial charge in [0, 0.05) is 13.1 Å². The number of hydrogen-bond acceptors (Lipinski definition) is 5. The molecule has 1 atom stereocenters. The summed E-state index contributed by atoms with van der Waals surface area (Å²) in [6, 6.07) is 1.82. The molecular weight excluding hydrogens is 198 g/mol. The van der Waals surface area contributed by atoms with E-state index in [4.69, 9.17) is 14.7 Å². The van der Waals surface area contributed by atoms with Gasteiger partial charge in [0.2, 0.25) is 5.91 Å². The minimum Gasteiger partial charge on any atom is -0.373 e. The molecule has 0 saturated carbocycles. The van der Waals surface area contributed by atoms with E-state index in [-0.39, 0.29) is 25.2 Å². The number of nitrogens with zero attached hydrogens (tertiary/aromatic N) is 1. The van der Waals surface area contributed by atoms with Gasteiger partial charge in [0.05, 0.1) is 25.4 Å². The average molecular weight is 213 g/mol. The minimum atomic E-state index is -0.277. The van der Waals surface area contributed by atoms with Crippen molar-refractivity contribution >= 4 is 5.91 Å². The van der Waals surface area contributed by atoms with Crippen molar-refractivity contribution in [1.29, 1.82) is 5.26 Å². The lowest BCUT2D eigenvalue weighted by molar-refractivity contribution is -0.127. The zero-order valence-electron chi connectivity index (χ0n) is 8.49. The van der Waals surface area contributed by atoms with E-state index in [9.17, 15) is 4.79 Å². The molecule has 84 valence electrons. The fourth-order valence-electron chi connectivity index (χ4n) is 1.20. The Balaban J connectivity index is 2.00. The molecule has 2 N–H and O–H groups in total. The molecule has 0 aromatic rings. The van der Waals surface area contributed by atoms with Crippen molar-refractivity contribution < 1.29 is 14.3 Å². The fraction of sp³-hybridized carbons (Fsp3) is 0.778. The summed E-state index contributed by atoms with van der Waals surface area (Å²) in [6.45, 7) is 2.67. The topological polar surface area (TPSA) is 83.4 Å². The van der Waals surface area contributed by atoms with Crippen molar-refractivity contribution in [3.8, 4) is 6.07 Å². The van der Waals surface area contributed by atoms with Crippen molar-refractivity contribution in [2.45, 2.75) is 6.10 Å². The Kier molecular flexibility index (Phi) is 5.70. The Bertz CT molecular complexity index is 233. The second-order valence-electron chi connectivity index (χ2n) is 3.15. The van der Waals surface area contributed by atoms with Gasteiger partial charge < -0.3 is 20.1 Å². The van der Waals surface area contributed by atoms with Gasteiger partial charge in [-0.05, 0) is 0 Å². The first-order valence-corrected chi connectivity index (χ1v) is 4.86. The van der Waals surface area contributed by atoms with E-state index in [0.29, 0.717) is 13.2 Å². The van der Waals surface area contributed by atoms with E-state index in [1.165, 1.54) is 0 Å². The summed E-state index contributed by atoms with van der Waals surface area (Å²) < 4.78 is 10.5. The molecule has 15 heavy (non-hydrogen) atoms. The molecule has 1 fully saturated rings. The van der Waals surface area contributed by atoms with Crippen molar-refractivity contribution in [2.24, 2.45) is 0 Å². The molecule has 1 amide bonds. The van der Waals surface area contributed by atoms with Crippen LogP contribution in [0, 0.1) is 11.3 Å². The number of nitriles is 1. The predicted molar refractivity (Wildman–Crippen MR) is 52.1 cm³/mol. The number of amides is 1. The smallest absolute Gasteiger partial charge is 0.246 e. The molecule has 1 rings (SSSR count). The van der Waals surface area contributed by atoms with Crippen molar-refractivity contribution in [3.05, 3.63) is 0 Å². The Hall–Kier alpha value is -1.16. The maximum Gasteiger partial charge on any atom is 0.246 e. The summed E-state index contributed by atoms with van der Waals surface area (Å²) in [5.41, 5.74) is 0. The monoisotopic (exact) mass is 213 g/mol. The molecule has 1 aliphatic heterocycles. The number of hydrogen-bond donors (Lipinski definition) is 2. The van der Waals surface area contributed by atoms with Crippen LogP contribution in [-0.4, -0.2) is 51.5 Å². The van der Waals surface area contributed by atoms with Crippen molar-refractivity contribution in [1.82, 2.24) is 10.6 Å². The molecule has 0 aromatic carbocycles. The lowest BCUT2D eigenvalue weighted by atomic mass is 10.3. The number of carbonyl (C=O) groups excluding carboxylic acids is 1. The van der Waals surface area contributed by atoms with Crippen LogP contribution in [0.25, 0.3) is 0 Å². The van der Waals surface area contributed by atoms with Gasteiger partial charge in [-0.3, -0.25) is 4.79 Å². The van der Waals surface area contributed by atoms with E-state index < -0.39 is 0 Å². The van der Waals surface area contributed by atoms with Gasteiger partial charge in [0.25, 0.3) is 0 Å². The molecule has 6 nitrogen and oxygen atoms in total. The van der Waals surface area contributed by atoms with E-state index in [0.717, 1.165) is 13.1 Å². The highest BCUT2D eigenvalue weighted by Gasteiger charge is 2.13. The third-order valence-electron chi connectivity index (χ3n) is 1.91. The zero-order valence-corrected chi connectivity index (χ0v) is 8.49. The second kappa shape index (κ2) is 7.17. The highest BCUT2D eigenvalue weighted by atomic mass is 16.5. The van der Waals surface area contributed by atoms with Crippen LogP contribution in [0.3, 0.4) is 0 Å². The molecule has 0 bridgehead atoms. The van der Waals surface area contributed by atoms with Gasteiger partial charge >= 0.3 is 0 Å². The third-order valence-corrected chi connectivity index (χ3v) is 1.91. The zero-order chi connectivity index (χ0) is 10.9. The summed E-state index contributed by atoms with van der Waals surface area (Å²) >= 11 is 0. The lowest BCUT2D eigenvalue weighted by Crippen LogP contribution is -2.41. The summed E-state index contributed by atoms with van der Waals surface area (Å²) in [5, 5.41) is 13.8. The number of nitrogens with one attached hydrogen (secondary N) is 2. The summed E-state index contributed by atoms with van der Waals surface area (Å²) in [5.74, 6) is -0.277.